The molecule has 148 valence electrons. The van der Waals surface area contributed by atoms with Crippen molar-refractivity contribution in [1.82, 2.24) is 4.57 Å². The van der Waals surface area contributed by atoms with E-state index in [9.17, 15) is 10.1 Å². The number of carbonyl (C=O) groups is 1. The first-order chi connectivity index (χ1) is 14.6. The Balaban J connectivity index is 1.75. The molecule has 1 aromatic heterocycles. The summed E-state index contributed by atoms with van der Waals surface area (Å²) >= 11 is 0. The number of benzene rings is 3. The maximum atomic E-state index is 11.0. The van der Waals surface area contributed by atoms with E-state index in [2.05, 4.69) is 53.2 Å². The van der Waals surface area contributed by atoms with Gasteiger partial charge in [0.25, 0.3) is 0 Å². The second kappa shape index (κ2) is 8.67. The van der Waals surface area contributed by atoms with Crippen molar-refractivity contribution in [2.45, 2.75) is 25.7 Å². The predicted octanol–water partition coefficient (Wildman–Crippen LogP) is 5.30. The maximum absolute atomic E-state index is 11.0. The number of nitrogens with zero attached hydrogens (tertiary/aromatic N) is 2. The van der Waals surface area contributed by atoms with Crippen LogP contribution in [-0.2, 0) is 24.1 Å². The van der Waals surface area contributed by atoms with E-state index in [1.54, 1.807) is 6.07 Å². The van der Waals surface area contributed by atoms with Gasteiger partial charge in [0, 0.05) is 23.7 Å². The summed E-state index contributed by atoms with van der Waals surface area (Å²) in [6.07, 6.45) is 4.59. The minimum atomic E-state index is -0.787. The largest absolute Gasteiger partial charge is 0.481 e. The van der Waals surface area contributed by atoms with Crippen molar-refractivity contribution >= 4 is 16.9 Å². The lowest BCUT2D eigenvalue weighted by atomic mass is 10.0. The van der Waals surface area contributed by atoms with E-state index in [4.69, 9.17) is 5.11 Å². The summed E-state index contributed by atoms with van der Waals surface area (Å²) in [4.78, 5) is 11.0. The highest BCUT2D eigenvalue weighted by Crippen LogP contribution is 2.28. The Morgan fingerprint density at radius 3 is 2.50 bits per heavy atom. The predicted molar refractivity (Wildman–Crippen MR) is 118 cm³/mol. The smallest absolute Gasteiger partial charge is 0.303 e. The van der Waals surface area contributed by atoms with E-state index in [1.807, 2.05) is 30.3 Å². The first-order valence-electron chi connectivity index (χ1n) is 10.0. The number of nitriles is 1. The van der Waals surface area contributed by atoms with Crippen LogP contribution in [0.5, 0.6) is 0 Å². The molecule has 0 atom stereocenters. The van der Waals surface area contributed by atoms with Gasteiger partial charge in [-0.15, -0.1) is 0 Å². The fourth-order valence-corrected chi connectivity index (χ4v) is 3.81. The molecule has 1 N–H and O–H groups in total. The number of fused-ring (bicyclic) bond motifs is 1. The molecule has 0 unspecified atom stereocenters. The lowest BCUT2D eigenvalue weighted by molar-refractivity contribution is -0.136. The standard InChI is InChI=1S/C26H22N2O2/c27-17-21-7-4-8-23(15-21)28-18-22(12-9-19-5-2-1-3-6-19)24-16-20(10-13-25(24)28)11-14-26(29)30/h1-8,10,13,15-16,18H,9,11-12,14H2,(H,29,30). The van der Waals surface area contributed by atoms with Gasteiger partial charge in [-0.3, -0.25) is 4.79 Å². The van der Waals surface area contributed by atoms with Gasteiger partial charge >= 0.3 is 5.97 Å². The Morgan fingerprint density at radius 2 is 1.73 bits per heavy atom. The number of aryl methyl sites for hydroxylation is 3. The van der Waals surface area contributed by atoms with Gasteiger partial charge in [0.2, 0.25) is 0 Å². The molecule has 30 heavy (non-hydrogen) atoms. The molecule has 4 rings (SSSR count). The van der Waals surface area contributed by atoms with E-state index >= 15 is 0 Å². The van der Waals surface area contributed by atoms with Crippen LogP contribution >= 0.6 is 0 Å². The van der Waals surface area contributed by atoms with Gasteiger partial charge in [-0.05, 0) is 66.3 Å². The van der Waals surface area contributed by atoms with Crippen molar-refractivity contribution in [3.05, 3.63) is 101 Å². The van der Waals surface area contributed by atoms with Crippen LogP contribution in [0.2, 0.25) is 0 Å². The van der Waals surface area contributed by atoms with Gasteiger partial charge in [0.1, 0.15) is 0 Å². The molecular formula is C26H22N2O2. The molecular weight excluding hydrogens is 372 g/mol. The third-order valence-electron chi connectivity index (χ3n) is 5.36. The molecule has 0 bridgehead atoms. The summed E-state index contributed by atoms with van der Waals surface area (Å²) in [6, 6.07) is 26.3. The average molecular weight is 394 g/mol. The Morgan fingerprint density at radius 1 is 0.900 bits per heavy atom. The SMILES string of the molecule is N#Cc1cccc(-n2cc(CCc3ccccc3)c3cc(CCC(=O)O)ccc32)c1. The third kappa shape index (κ3) is 4.26. The number of carboxylic acids is 1. The van der Waals surface area contributed by atoms with Crippen LogP contribution in [0.25, 0.3) is 16.6 Å². The quantitative estimate of drug-likeness (QED) is 0.462. The number of rotatable bonds is 7. The van der Waals surface area contributed by atoms with Crippen LogP contribution in [0.4, 0.5) is 0 Å². The van der Waals surface area contributed by atoms with Crippen molar-refractivity contribution in [2.24, 2.45) is 0 Å². The van der Waals surface area contributed by atoms with Crippen molar-refractivity contribution < 1.29 is 9.90 Å². The van der Waals surface area contributed by atoms with Crippen LogP contribution in [0.15, 0.2) is 79.0 Å². The van der Waals surface area contributed by atoms with Gasteiger partial charge in [-0.1, -0.05) is 42.5 Å². The average Bonchev–Trinajstić information content (AvgIpc) is 3.15. The van der Waals surface area contributed by atoms with Crippen LogP contribution in [0.1, 0.15) is 28.7 Å². The Kier molecular flexibility index (Phi) is 5.63. The molecule has 4 nitrogen and oxygen atoms in total. The molecule has 0 spiro atoms. The molecule has 4 heteroatoms. The van der Waals surface area contributed by atoms with Gasteiger partial charge in [-0.2, -0.15) is 5.26 Å². The maximum Gasteiger partial charge on any atom is 0.303 e. The van der Waals surface area contributed by atoms with Crippen molar-refractivity contribution in [2.75, 3.05) is 0 Å². The topological polar surface area (TPSA) is 66.0 Å². The molecule has 0 aliphatic carbocycles. The zero-order valence-corrected chi connectivity index (χ0v) is 16.6. The highest BCUT2D eigenvalue weighted by Gasteiger charge is 2.12. The van der Waals surface area contributed by atoms with E-state index in [0.29, 0.717) is 12.0 Å². The first kappa shape index (κ1) is 19.5. The van der Waals surface area contributed by atoms with Gasteiger partial charge in [0.15, 0.2) is 0 Å². The highest BCUT2D eigenvalue weighted by molar-refractivity contribution is 5.86. The molecule has 3 aromatic carbocycles. The number of carboxylic acid groups (broad SMARTS) is 1. The summed E-state index contributed by atoms with van der Waals surface area (Å²) in [5, 5.41) is 19.4. The monoisotopic (exact) mass is 394 g/mol. The third-order valence-corrected chi connectivity index (χ3v) is 5.36. The van der Waals surface area contributed by atoms with E-state index < -0.39 is 5.97 Å². The highest BCUT2D eigenvalue weighted by atomic mass is 16.4. The molecule has 0 radical (unpaired) electrons. The summed E-state index contributed by atoms with van der Waals surface area (Å²) in [7, 11) is 0. The van der Waals surface area contributed by atoms with Crippen molar-refractivity contribution in [1.29, 1.82) is 5.26 Å². The van der Waals surface area contributed by atoms with Crippen molar-refractivity contribution in [3.8, 4) is 11.8 Å². The zero-order valence-electron chi connectivity index (χ0n) is 16.6. The summed E-state index contributed by atoms with van der Waals surface area (Å²) < 4.78 is 2.12. The van der Waals surface area contributed by atoms with E-state index in [0.717, 1.165) is 35.0 Å². The fraction of sp³-hybridized carbons (Fsp3) is 0.154. The second-order valence-electron chi connectivity index (χ2n) is 7.42. The fourth-order valence-electron chi connectivity index (χ4n) is 3.81. The molecule has 0 aliphatic heterocycles. The summed E-state index contributed by atoms with van der Waals surface area (Å²) in [6.45, 7) is 0. The van der Waals surface area contributed by atoms with Crippen molar-refractivity contribution in [3.63, 3.8) is 0 Å². The molecule has 4 aromatic rings. The van der Waals surface area contributed by atoms with Crippen LogP contribution < -0.4 is 0 Å². The lowest BCUT2D eigenvalue weighted by Gasteiger charge is -2.06. The Hall–Kier alpha value is -3.84. The first-order valence-corrected chi connectivity index (χ1v) is 10.0. The van der Waals surface area contributed by atoms with Crippen LogP contribution in [-0.4, -0.2) is 15.6 Å². The molecule has 0 aliphatic rings. The minimum absolute atomic E-state index is 0.121. The summed E-state index contributed by atoms with van der Waals surface area (Å²) in [5.41, 5.74) is 6.16. The summed E-state index contributed by atoms with van der Waals surface area (Å²) in [5.74, 6) is -0.787. The molecule has 1 heterocycles. The molecule has 0 amide bonds. The Labute approximate surface area is 175 Å². The van der Waals surface area contributed by atoms with Gasteiger partial charge in [0.05, 0.1) is 17.1 Å². The van der Waals surface area contributed by atoms with Crippen LogP contribution in [0, 0.1) is 11.3 Å². The van der Waals surface area contributed by atoms with Crippen LogP contribution in [0.3, 0.4) is 0 Å². The molecule has 0 saturated carbocycles. The van der Waals surface area contributed by atoms with E-state index in [-0.39, 0.29) is 6.42 Å². The van der Waals surface area contributed by atoms with E-state index in [1.165, 1.54) is 11.1 Å². The molecule has 0 saturated heterocycles. The van der Waals surface area contributed by atoms with Gasteiger partial charge in [-0.25, -0.2) is 0 Å². The lowest BCUT2D eigenvalue weighted by Crippen LogP contribution is -1.97. The second-order valence-corrected chi connectivity index (χ2v) is 7.42. The number of aromatic nitrogens is 1. The zero-order chi connectivity index (χ0) is 20.9. The number of aliphatic carboxylic acids is 1. The number of hydrogen-bond donors (Lipinski definition) is 1. The molecule has 0 fully saturated rings. The minimum Gasteiger partial charge on any atom is -0.481 e. The Bertz CT molecular complexity index is 1230. The number of hydrogen-bond acceptors (Lipinski definition) is 2. The van der Waals surface area contributed by atoms with Gasteiger partial charge < -0.3 is 9.67 Å². The normalized spacial score (nSPS) is 10.8.